The van der Waals surface area contributed by atoms with Gasteiger partial charge in [-0.15, -0.1) is 0 Å². The van der Waals surface area contributed by atoms with E-state index in [9.17, 15) is 13.2 Å². The molecule has 2 heterocycles. The van der Waals surface area contributed by atoms with Gasteiger partial charge in [0.1, 0.15) is 0 Å². The van der Waals surface area contributed by atoms with Crippen molar-refractivity contribution in [2.24, 2.45) is 0 Å². The van der Waals surface area contributed by atoms with Gasteiger partial charge in [0.15, 0.2) is 0 Å². The zero-order chi connectivity index (χ0) is 22.4. The van der Waals surface area contributed by atoms with Gasteiger partial charge in [-0.25, -0.2) is 17.5 Å². The molecule has 2 aromatic rings. The lowest BCUT2D eigenvalue weighted by atomic mass is 9.94. The number of sulfonamides is 1. The van der Waals surface area contributed by atoms with Crippen LogP contribution in [0.2, 0.25) is 0 Å². The van der Waals surface area contributed by atoms with Crippen LogP contribution in [0.15, 0.2) is 36.5 Å². The Morgan fingerprint density at radius 3 is 2.77 bits per heavy atom. The second-order valence-electron chi connectivity index (χ2n) is 7.80. The minimum atomic E-state index is -3.15. The van der Waals surface area contributed by atoms with Gasteiger partial charge in [0.05, 0.1) is 17.6 Å². The summed E-state index contributed by atoms with van der Waals surface area (Å²) in [6, 6.07) is 9.57. The lowest BCUT2D eigenvalue weighted by Gasteiger charge is -2.31. The first-order chi connectivity index (χ1) is 14.8. The summed E-state index contributed by atoms with van der Waals surface area (Å²) in [7, 11) is -1.51. The lowest BCUT2D eigenvalue weighted by Crippen LogP contribution is -2.39. The number of pyridine rings is 1. The van der Waals surface area contributed by atoms with Crippen molar-refractivity contribution in [3.8, 4) is 0 Å². The first-order valence-corrected chi connectivity index (χ1v) is 12.1. The minimum Gasteiger partial charge on any atom is -0.334 e. The number of carbonyl (C=O) groups is 1. The number of aryl methyl sites for hydroxylation is 1. The molecule has 0 saturated carbocycles. The van der Waals surface area contributed by atoms with E-state index in [0.717, 1.165) is 30.8 Å². The molecule has 0 spiro atoms. The monoisotopic (exact) mass is 445 g/mol. The fraction of sp³-hybridized carbons (Fsp3) is 0.455. The molecule has 3 rings (SSSR count). The molecule has 0 unspecified atom stereocenters. The van der Waals surface area contributed by atoms with E-state index in [1.807, 2.05) is 31.2 Å². The first kappa shape index (κ1) is 23.2. The Bertz CT molecular complexity index is 1010. The average Bonchev–Trinajstić information content (AvgIpc) is 2.77. The summed E-state index contributed by atoms with van der Waals surface area (Å²) >= 11 is 0. The van der Waals surface area contributed by atoms with Gasteiger partial charge in [0, 0.05) is 45.5 Å². The van der Waals surface area contributed by atoms with Crippen LogP contribution >= 0.6 is 0 Å². The Hall–Kier alpha value is -2.49. The predicted molar refractivity (Wildman–Crippen MR) is 122 cm³/mol. The molecule has 8 nitrogen and oxygen atoms in total. The van der Waals surface area contributed by atoms with Crippen molar-refractivity contribution in [1.82, 2.24) is 19.5 Å². The maximum atomic E-state index is 12.2. The van der Waals surface area contributed by atoms with Crippen LogP contribution in [-0.2, 0) is 29.5 Å². The largest absolute Gasteiger partial charge is 0.334 e. The normalized spacial score (nSPS) is 14.3. The zero-order valence-corrected chi connectivity index (χ0v) is 19.2. The van der Waals surface area contributed by atoms with Gasteiger partial charge < -0.3 is 10.6 Å². The van der Waals surface area contributed by atoms with Crippen molar-refractivity contribution in [3.05, 3.63) is 58.9 Å². The molecule has 2 N–H and O–H groups in total. The molecular weight excluding hydrogens is 414 g/mol. The highest BCUT2D eigenvalue weighted by molar-refractivity contribution is 7.89. The molecule has 2 amide bonds. The maximum absolute atomic E-state index is 12.2. The fourth-order valence-electron chi connectivity index (χ4n) is 3.64. The number of hydrogen-bond acceptors (Lipinski definition) is 5. The van der Waals surface area contributed by atoms with Crippen LogP contribution in [-0.4, -0.2) is 61.1 Å². The molecule has 1 aromatic carbocycles. The standard InChI is InChI=1S/C22H31N5O3S/c1-4-31(29,30)26(3)12-13-27-11-10-21-18(6-5-7-19(21)16-27)14-24-22(28)25-20-9-8-17(2)23-15-20/h5-9,15H,4,10-14,16H2,1-3H3,(H2,24,25,28). The highest BCUT2D eigenvalue weighted by Crippen LogP contribution is 2.22. The molecule has 0 bridgehead atoms. The van der Waals surface area contributed by atoms with E-state index in [-0.39, 0.29) is 11.8 Å². The summed E-state index contributed by atoms with van der Waals surface area (Å²) in [5.74, 6) is 0.122. The molecule has 31 heavy (non-hydrogen) atoms. The molecule has 9 heteroatoms. The molecule has 0 atom stereocenters. The predicted octanol–water partition coefficient (Wildman–Crippen LogP) is 2.35. The number of carbonyl (C=O) groups excluding carboxylic acids is 1. The first-order valence-electron chi connectivity index (χ1n) is 10.5. The van der Waals surface area contributed by atoms with E-state index in [0.29, 0.717) is 25.3 Å². The second-order valence-corrected chi connectivity index (χ2v) is 10.2. The number of fused-ring (bicyclic) bond motifs is 1. The molecule has 1 aromatic heterocycles. The number of urea groups is 1. The molecular formula is C22H31N5O3S. The SMILES string of the molecule is CCS(=O)(=O)N(C)CCN1CCc2c(CNC(=O)Nc3ccc(C)nc3)cccc2C1. The van der Waals surface area contributed by atoms with E-state index in [2.05, 4.69) is 26.6 Å². The topological polar surface area (TPSA) is 94.6 Å². The molecule has 1 aliphatic rings. The van der Waals surface area contributed by atoms with Gasteiger partial charge in [0.2, 0.25) is 10.0 Å². The number of benzene rings is 1. The summed E-state index contributed by atoms with van der Waals surface area (Å²) in [5, 5.41) is 5.72. The van der Waals surface area contributed by atoms with Crippen molar-refractivity contribution < 1.29 is 13.2 Å². The Kier molecular flexibility index (Phi) is 7.64. The molecule has 1 aliphatic heterocycles. The van der Waals surface area contributed by atoms with E-state index in [1.165, 1.54) is 15.4 Å². The van der Waals surface area contributed by atoms with Gasteiger partial charge in [-0.3, -0.25) is 9.88 Å². The number of nitrogens with zero attached hydrogens (tertiary/aromatic N) is 3. The Morgan fingerprint density at radius 1 is 1.26 bits per heavy atom. The Balaban J connectivity index is 1.54. The third-order valence-corrected chi connectivity index (χ3v) is 7.48. The molecule has 0 radical (unpaired) electrons. The van der Waals surface area contributed by atoms with E-state index in [4.69, 9.17) is 0 Å². The summed E-state index contributed by atoms with van der Waals surface area (Å²) in [5.41, 5.74) is 5.17. The highest BCUT2D eigenvalue weighted by Gasteiger charge is 2.21. The Labute approximate surface area is 184 Å². The van der Waals surface area contributed by atoms with Crippen molar-refractivity contribution >= 4 is 21.7 Å². The summed E-state index contributed by atoms with van der Waals surface area (Å²) < 4.78 is 25.3. The van der Waals surface area contributed by atoms with E-state index in [1.54, 1.807) is 20.2 Å². The zero-order valence-electron chi connectivity index (χ0n) is 18.4. The number of hydrogen-bond donors (Lipinski definition) is 2. The van der Waals surface area contributed by atoms with Crippen molar-refractivity contribution in [2.75, 3.05) is 37.8 Å². The van der Waals surface area contributed by atoms with Crippen LogP contribution in [0.25, 0.3) is 0 Å². The average molecular weight is 446 g/mol. The number of rotatable bonds is 8. The summed E-state index contributed by atoms with van der Waals surface area (Å²) in [6.45, 7) is 6.85. The van der Waals surface area contributed by atoms with Crippen LogP contribution in [0.3, 0.4) is 0 Å². The van der Waals surface area contributed by atoms with Gasteiger partial charge in [-0.2, -0.15) is 0 Å². The second kappa shape index (κ2) is 10.2. The van der Waals surface area contributed by atoms with Crippen molar-refractivity contribution in [2.45, 2.75) is 33.4 Å². The van der Waals surface area contributed by atoms with E-state index >= 15 is 0 Å². The van der Waals surface area contributed by atoms with Crippen LogP contribution < -0.4 is 10.6 Å². The minimum absolute atomic E-state index is 0.122. The van der Waals surface area contributed by atoms with Crippen molar-refractivity contribution in [3.63, 3.8) is 0 Å². The third kappa shape index (κ3) is 6.25. The molecule has 168 valence electrons. The van der Waals surface area contributed by atoms with Crippen LogP contribution in [0.5, 0.6) is 0 Å². The quantitative estimate of drug-likeness (QED) is 0.650. The number of nitrogens with one attached hydrogen (secondary N) is 2. The van der Waals surface area contributed by atoms with Gasteiger partial charge in [-0.1, -0.05) is 18.2 Å². The fourth-order valence-corrected chi connectivity index (χ4v) is 4.44. The molecule has 0 aliphatic carbocycles. The molecule has 0 saturated heterocycles. The summed E-state index contributed by atoms with van der Waals surface area (Å²) in [4.78, 5) is 18.7. The number of amides is 2. The van der Waals surface area contributed by atoms with E-state index < -0.39 is 10.0 Å². The third-order valence-electron chi connectivity index (χ3n) is 5.62. The van der Waals surface area contributed by atoms with Crippen LogP contribution in [0, 0.1) is 6.92 Å². The number of likely N-dealkylation sites (N-methyl/N-ethyl adjacent to an activating group) is 1. The highest BCUT2D eigenvalue weighted by atomic mass is 32.2. The van der Waals surface area contributed by atoms with Crippen molar-refractivity contribution in [1.29, 1.82) is 0 Å². The van der Waals surface area contributed by atoms with Gasteiger partial charge >= 0.3 is 6.03 Å². The lowest BCUT2D eigenvalue weighted by molar-refractivity contribution is 0.239. The number of aromatic nitrogens is 1. The van der Waals surface area contributed by atoms with Crippen LogP contribution in [0.1, 0.15) is 29.3 Å². The molecule has 0 fully saturated rings. The maximum Gasteiger partial charge on any atom is 0.319 e. The van der Waals surface area contributed by atoms with Gasteiger partial charge in [0.25, 0.3) is 0 Å². The smallest absolute Gasteiger partial charge is 0.319 e. The van der Waals surface area contributed by atoms with Gasteiger partial charge in [-0.05, 0) is 49.1 Å². The Morgan fingerprint density at radius 2 is 2.06 bits per heavy atom. The number of anilines is 1. The summed E-state index contributed by atoms with van der Waals surface area (Å²) in [6.07, 6.45) is 2.51. The van der Waals surface area contributed by atoms with Crippen LogP contribution in [0.4, 0.5) is 10.5 Å².